The molecule has 7 heteroatoms. The summed E-state index contributed by atoms with van der Waals surface area (Å²) in [6.07, 6.45) is 30.0. The maximum atomic E-state index is 11.3. The van der Waals surface area contributed by atoms with E-state index in [1.54, 1.807) is 0 Å². The molecule has 0 saturated heterocycles. The summed E-state index contributed by atoms with van der Waals surface area (Å²) in [4.78, 5) is 21.4. The second kappa shape index (κ2) is 41.8. The first kappa shape index (κ1) is 42.8. The normalized spacial score (nSPS) is 10.7. The molecule has 0 radical (unpaired) electrons. The Bertz CT molecular complexity index is 539. The van der Waals surface area contributed by atoms with Crippen LogP contribution >= 0.6 is 31.9 Å². The van der Waals surface area contributed by atoms with Gasteiger partial charge in [0.1, 0.15) is 6.61 Å². The van der Waals surface area contributed by atoms with Crippen LogP contribution in [0.1, 0.15) is 142 Å². The number of alkyl halides is 2. The smallest absolute Gasteiger partial charge is 0.306 e. The number of esters is 1. The lowest BCUT2D eigenvalue weighted by atomic mass is 10.1. The Morgan fingerprint density at radius 1 is 0.615 bits per heavy atom. The van der Waals surface area contributed by atoms with Crippen LogP contribution in [0.3, 0.4) is 0 Å². The summed E-state index contributed by atoms with van der Waals surface area (Å²) in [5.41, 5.74) is 0. The van der Waals surface area contributed by atoms with Crippen LogP contribution in [0, 0.1) is 0 Å². The van der Waals surface area contributed by atoms with Crippen molar-refractivity contribution in [1.29, 1.82) is 0 Å². The van der Waals surface area contributed by atoms with E-state index in [2.05, 4.69) is 57.9 Å². The number of carbonyl (C=O) groups is 2. The molecule has 0 aliphatic heterocycles. The second-order valence-electron chi connectivity index (χ2n) is 9.61. The molecule has 0 bridgehead atoms. The van der Waals surface area contributed by atoms with Crippen molar-refractivity contribution in [2.45, 2.75) is 142 Å². The SMILES string of the molecule is CCCCCC/C=C\CO.CCCCCC/C=C\COC(=O)CCCCCBr.O=C(O)CCCCCCCBr. The van der Waals surface area contributed by atoms with Crippen molar-refractivity contribution >= 4 is 43.8 Å². The maximum absolute atomic E-state index is 11.3. The Balaban J connectivity index is -0.000000532. The molecule has 232 valence electrons. The van der Waals surface area contributed by atoms with Crippen molar-refractivity contribution in [3.63, 3.8) is 0 Å². The molecule has 0 spiro atoms. The first-order valence-corrected chi connectivity index (χ1v) is 17.6. The molecule has 0 unspecified atom stereocenters. The summed E-state index contributed by atoms with van der Waals surface area (Å²) < 4.78 is 5.11. The van der Waals surface area contributed by atoms with Gasteiger partial charge in [0, 0.05) is 23.5 Å². The summed E-state index contributed by atoms with van der Waals surface area (Å²) in [6, 6.07) is 0. The van der Waals surface area contributed by atoms with Gasteiger partial charge in [0.05, 0.1) is 6.61 Å². The van der Waals surface area contributed by atoms with Crippen molar-refractivity contribution < 1.29 is 24.5 Å². The summed E-state index contributed by atoms with van der Waals surface area (Å²) in [5, 5.41) is 18.8. The minimum absolute atomic E-state index is 0.0693. The number of carboxylic acids is 1. The number of carboxylic acid groups (broad SMARTS) is 1. The third-order valence-corrected chi connectivity index (χ3v) is 6.89. The first-order valence-electron chi connectivity index (χ1n) is 15.4. The lowest BCUT2D eigenvalue weighted by Gasteiger charge is -2.01. The van der Waals surface area contributed by atoms with Crippen molar-refractivity contribution in [2.75, 3.05) is 23.9 Å². The number of unbranched alkanes of at least 4 members (excludes halogenated alkanes) is 14. The predicted octanol–water partition coefficient (Wildman–Crippen LogP) is 10.3. The molecule has 0 amide bonds. The van der Waals surface area contributed by atoms with Crippen LogP contribution in [0.15, 0.2) is 24.3 Å². The highest BCUT2D eigenvalue weighted by molar-refractivity contribution is 9.09. The van der Waals surface area contributed by atoms with Crippen molar-refractivity contribution in [3.05, 3.63) is 24.3 Å². The van der Waals surface area contributed by atoms with E-state index in [0.29, 0.717) is 19.4 Å². The molecule has 0 aromatic carbocycles. The number of rotatable bonds is 25. The zero-order valence-corrected chi connectivity index (χ0v) is 28.3. The van der Waals surface area contributed by atoms with Crippen LogP contribution in [-0.4, -0.2) is 46.0 Å². The number of allylic oxidation sites excluding steroid dienone is 2. The van der Waals surface area contributed by atoms with Crippen LogP contribution in [0.5, 0.6) is 0 Å². The molecule has 0 aliphatic rings. The average Bonchev–Trinajstić information content (AvgIpc) is 2.93. The van der Waals surface area contributed by atoms with Gasteiger partial charge in [0.2, 0.25) is 0 Å². The van der Waals surface area contributed by atoms with Gasteiger partial charge in [-0.15, -0.1) is 0 Å². The standard InChI is InChI=1S/C15H27BrO2.C9H18O.C8H15BrO2/c1-2-3-4-5-6-7-11-14-18-15(17)12-9-8-10-13-16;1-2-3-4-5-6-7-8-9-10;9-7-5-3-1-2-4-6-8(10)11/h7,11H,2-6,8-10,12-14H2,1H3;7-8,10H,2-6,9H2,1H3;1-7H2,(H,10,11)/b11-7-;8-7-;. The highest BCUT2D eigenvalue weighted by atomic mass is 79.9. The Hall–Kier alpha value is -0.660. The number of halogens is 2. The Morgan fingerprint density at radius 3 is 1.59 bits per heavy atom. The molecule has 5 nitrogen and oxygen atoms in total. The van der Waals surface area contributed by atoms with E-state index >= 15 is 0 Å². The fourth-order valence-corrected chi connectivity index (χ4v) is 4.20. The molecular weight excluding hydrogens is 624 g/mol. The van der Waals surface area contributed by atoms with Gasteiger partial charge in [0.15, 0.2) is 0 Å². The van der Waals surface area contributed by atoms with Gasteiger partial charge in [-0.25, -0.2) is 0 Å². The predicted molar refractivity (Wildman–Crippen MR) is 175 cm³/mol. The van der Waals surface area contributed by atoms with E-state index < -0.39 is 5.97 Å². The summed E-state index contributed by atoms with van der Waals surface area (Å²) >= 11 is 6.72. The number of carbonyl (C=O) groups excluding carboxylic acids is 1. The van der Waals surface area contributed by atoms with Crippen LogP contribution in [0.25, 0.3) is 0 Å². The van der Waals surface area contributed by atoms with E-state index in [1.165, 1.54) is 70.6 Å². The molecule has 0 aromatic rings. The first-order chi connectivity index (χ1) is 19.0. The number of aliphatic carboxylic acids is 1. The zero-order valence-electron chi connectivity index (χ0n) is 25.2. The third-order valence-electron chi connectivity index (χ3n) is 5.77. The fourth-order valence-electron chi connectivity index (χ4n) is 3.41. The molecule has 39 heavy (non-hydrogen) atoms. The van der Waals surface area contributed by atoms with Crippen LogP contribution in [0.4, 0.5) is 0 Å². The van der Waals surface area contributed by atoms with Crippen molar-refractivity contribution in [1.82, 2.24) is 0 Å². The largest absolute Gasteiger partial charge is 0.481 e. The molecule has 0 rings (SSSR count). The maximum Gasteiger partial charge on any atom is 0.306 e. The number of hydrogen-bond donors (Lipinski definition) is 2. The van der Waals surface area contributed by atoms with Crippen LogP contribution < -0.4 is 0 Å². The minimum atomic E-state index is -0.675. The molecule has 2 N–H and O–H groups in total. The monoisotopic (exact) mass is 682 g/mol. The summed E-state index contributed by atoms with van der Waals surface area (Å²) in [6.45, 7) is 5.05. The van der Waals surface area contributed by atoms with Gasteiger partial charge in [-0.2, -0.15) is 0 Å². The van der Waals surface area contributed by atoms with Gasteiger partial charge < -0.3 is 14.9 Å². The molecule has 0 aliphatic carbocycles. The second-order valence-corrected chi connectivity index (χ2v) is 11.2. The van der Waals surface area contributed by atoms with Gasteiger partial charge in [0.25, 0.3) is 0 Å². The molecule has 0 fully saturated rings. The quantitative estimate of drug-likeness (QED) is 0.0433. The highest BCUT2D eigenvalue weighted by Crippen LogP contribution is 2.07. The van der Waals surface area contributed by atoms with E-state index in [-0.39, 0.29) is 12.6 Å². The zero-order chi connectivity index (χ0) is 29.7. The average molecular weight is 685 g/mol. The van der Waals surface area contributed by atoms with Crippen LogP contribution in [-0.2, 0) is 14.3 Å². The molecule has 0 heterocycles. The summed E-state index contributed by atoms with van der Waals surface area (Å²) in [7, 11) is 0. The van der Waals surface area contributed by atoms with Crippen LogP contribution in [0.2, 0.25) is 0 Å². The highest BCUT2D eigenvalue weighted by Gasteiger charge is 2.00. The summed E-state index contributed by atoms with van der Waals surface area (Å²) in [5.74, 6) is -0.745. The molecule has 0 saturated carbocycles. The van der Waals surface area contributed by atoms with Gasteiger partial charge in [-0.1, -0.05) is 134 Å². The fraction of sp³-hybridized carbons (Fsp3) is 0.812. The Labute approximate surface area is 257 Å². The van der Waals surface area contributed by atoms with Gasteiger partial charge in [-0.05, 0) is 51.4 Å². The molecular formula is C32H60Br2O5. The van der Waals surface area contributed by atoms with E-state index in [9.17, 15) is 9.59 Å². The molecule has 0 atom stereocenters. The number of hydrogen-bond acceptors (Lipinski definition) is 4. The van der Waals surface area contributed by atoms with E-state index in [1.807, 2.05) is 12.2 Å². The van der Waals surface area contributed by atoms with E-state index in [4.69, 9.17) is 14.9 Å². The number of ether oxygens (including phenoxy) is 1. The number of aliphatic hydroxyl groups excluding tert-OH is 1. The van der Waals surface area contributed by atoms with Gasteiger partial charge >= 0.3 is 11.9 Å². The lowest BCUT2D eigenvalue weighted by molar-refractivity contribution is -0.142. The lowest BCUT2D eigenvalue weighted by Crippen LogP contribution is -2.04. The molecule has 0 aromatic heterocycles. The van der Waals surface area contributed by atoms with Crippen molar-refractivity contribution in [3.8, 4) is 0 Å². The minimum Gasteiger partial charge on any atom is -0.481 e. The Morgan fingerprint density at radius 2 is 1.08 bits per heavy atom. The van der Waals surface area contributed by atoms with E-state index in [0.717, 1.165) is 55.6 Å². The third kappa shape index (κ3) is 50.7. The number of aliphatic hydroxyl groups is 1. The van der Waals surface area contributed by atoms with Gasteiger partial charge in [-0.3, -0.25) is 9.59 Å². The topological polar surface area (TPSA) is 83.8 Å². The van der Waals surface area contributed by atoms with Crippen molar-refractivity contribution in [2.24, 2.45) is 0 Å². The Kier molecular flexibility index (Phi) is 45.9.